The van der Waals surface area contributed by atoms with E-state index in [1.807, 2.05) is 17.0 Å². The molecule has 2 aliphatic heterocycles. The van der Waals surface area contributed by atoms with E-state index < -0.39 is 10.0 Å². The highest BCUT2D eigenvalue weighted by atomic mass is 32.2. The average molecular weight is 469 g/mol. The lowest BCUT2D eigenvalue weighted by Gasteiger charge is -2.38. The third-order valence-corrected chi connectivity index (χ3v) is 8.47. The van der Waals surface area contributed by atoms with Crippen molar-refractivity contribution in [2.75, 3.05) is 64.6 Å². The molecule has 170 valence electrons. The fourth-order valence-electron chi connectivity index (χ4n) is 4.22. The third-order valence-electron chi connectivity index (χ3n) is 6.03. The Kier molecular flexibility index (Phi) is 6.27. The van der Waals surface area contributed by atoms with Crippen LogP contribution in [0.15, 0.2) is 12.1 Å². The van der Waals surface area contributed by atoms with Crippen LogP contribution in [0, 0.1) is 5.92 Å². The summed E-state index contributed by atoms with van der Waals surface area (Å²) in [5.41, 5.74) is 0.790. The van der Waals surface area contributed by atoms with Crippen molar-refractivity contribution in [2.45, 2.75) is 12.8 Å². The molecule has 0 saturated carbocycles. The number of hydrogen-bond donors (Lipinski definition) is 0. The van der Waals surface area contributed by atoms with Crippen molar-refractivity contribution in [2.24, 2.45) is 5.92 Å². The highest BCUT2D eigenvalue weighted by molar-refractivity contribution is 7.88. The van der Waals surface area contributed by atoms with Crippen LogP contribution < -0.4 is 14.4 Å². The molecule has 0 spiro atoms. The number of ether oxygens (including phenoxy) is 2. The van der Waals surface area contributed by atoms with E-state index in [1.165, 1.54) is 10.6 Å². The van der Waals surface area contributed by atoms with Gasteiger partial charge in [-0.2, -0.15) is 0 Å². The maximum absolute atomic E-state index is 13.0. The fraction of sp³-hybridized carbons (Fsp3) is 0.600. The molecule has 11 heteroatoms. The number of sulfonamides is 1. The summed E-state index contributed by atoms with van der Waals surface area (Å²) in [6, 6.07) is 3.74. The van der Waals surface area contributed by atoms with Crippen LogP contribution in [0.25, 0.3) is 10.2 Å². The Balaban J connectivity index is 1.39. The van der Waals surface area contributed by atoms with Crippen molar-refractivity contribution in [3.8, 4) is 11.5 Å². The number of piperazine rings is 1. The van der Waals surface area contributed by atoms with Gasteiger partial charge in [-0.05, 0) is 25.0 Å². The number of carbonyl (C=O) groups excluding carboxylic acids is 1. The van der Waals surface area contributed by atoms with Gasteiger partial charge in [-0.25, -0.2) is 17.7 Å². The normalized spacial score (nSPS) is 19.1. The van der Waals surface area contributed by atoms with Gasteiger partial charge in [-0.3, -0.25) is 4.79 Å². The van der Waals surface area contributed by atoms with Crippen LogP contribution in [0.5, 0.6) is 11.5 Å². The van der Waals surface area contributed by atoms with Gasteiger partial charge in [0, 0.05) is 45.2 Å². The summed E-state index contributed by atoms with van der Waals surface area (Å²) in [7, 11) is 0.0932. The van der Waals surface area contributed by atoms with Gasteiger partial charge in [0.25, 0.3) is 0 Å². The summed E-state index contributed by atoms with van der Waals surface area (Å²) in [5, 5.41) is 0.895. The van der Waals surface area contributed by atoms with Gasteiger partial charge >= 0.3 is 0 Å². The van der Waals surface area contributed by atoms with Crippen molar-refractivity contribution in [3.05, 3.63) is 12.1 Å². The number of piperidine rings is 1. The van der Waals surface area contributed by atoms with E-state index in [2.05, 4.69) is 4.90 Å². The van der Waals surface area contributed by atoms with Crippen LogP contribution in [0.2, 0.25) is 0 Å². The standard InChI is InChI=1S/C20H28N4O5S2/c1-28-15-4-5-16(29-2)18-17(15)21-20(30-18)23-12-10-22(11-13-23)19(25)14-6-8-24(9-7-14)31(3,26)27/h4-5,14H,6-13H2,1-3H3. The lowest BCUT2D eigenvalue weighted by Crippen LogP contribution is -2.52. The van der Waals surface area contributed by atoms with Crippen molar-refractivity contribution in [3.63, 3.8) is 0 Å². The second-order valence-corrected chi connectivity index (χ2v) is 10.9. The fourth-order valence-corrected chi connectivity index (χ4v) is 6.22. The van der Waals surface area contributed by atoms with Crippen LogP contribution >= 0.6 is 11.3 Å². The molecular formula is C20H28N4O5S2. The number of thiazole rings is 1. The molecule has 1 amide bonds. The van der Waals surface area contributed by atoms with E-state index in [-0.39, 0.29) is 11.8 Å². The summed E-state index contributed by atoms with van der Waals surface area (Å²) in [5.74, 6) is 1.53. The highest BCUT2D eigenvalue weighted by Gasteiger charge is 2.33. The zero-order chi connectivity index (χ0) is 22.2. The van der Waals surface area contributed by atoms with Gasteiger partial charge in [0.1, 0.15) is 21.7 Å². The summed E-state index contributed by atoms with van der Waals surface area (Å²) in [4.78, 5) is 21.8. The number of anilines is 1. The molecule has 1 aromatic carbocycles. The first kappa shape index (κ1) is 22.1. The minimum Gasteiger partial charge on any atom is -0.495 e. The van der Waals surface area contributed by atoms with Crippen LogP contribution in [0.3, 0.4) is 0 Å². The van der Waals surface area contributed by atoms with Crippen molar-refractivity contribution in [1.82, 2.24) is 14.2 Å². The highest BCUT2D eigenvalue weighted by Crippen LogP contribution is 2.40. The number of fused-ring (bicyclic) bond motifs is 1. The molecular weight excluding hydrogens is 440 g/mol. The Hall–Kier alpha value is -2.11. The molecule has 2 fully saturated rings. The second kappa shape index (κ2) is 8.79. The summed E-state index contributed by atoms with van der Waals surface area (Å²) < 4.78 is 36.7. The number of aromatic nitrogens is 1. The Morgan fingerprint density at radius 1 is 1.03 bits per heavy atom. The monoisotopic (exact) mass is 468 g/mol. The Bertz CT molecular complexity index is 1010. The van der Waals surface area contributed by atoms with Crippen molar-refractivity contribution in [1.29, 1.82) is 0 Å². The van der Waals surface area contributed by atoms with E-state index >= 15 is 0 Å². The topological polar surface area (TPSA) is 92.3 Å². The summed E-state index contributed by atoms with van der Waals surface area (Å²) in [6.45, 7) is 3.52. The molecule has 3 heterocycles. The Morgan fingerprint density at radius 2 is 1.65 bits per heavy atom. The van der Waals surface area contributed by atoms with Crippen molar-refractivity contribution >= 4 is 42.6 Å². The number of carbonyl (C=O) groups is 1. The molecule has 0 bridgehead atoms. The molecule has 0 aliphatic carbocycles. The number of benzene rings is 1. The summed E-state index contributed by atoms with van der Waals surface area (Å²) >= 11 is 1.57. The SMILES string of the molecule is COc1ccc(OC)c2sc(N3CCN(C(=O)C4CCN(S(C)(=O)=O)CC4)CC3)nc12. The first-order chi connectivity index (χ1) is 14.8. The maximum atomic E-state index is 13.0. The number of hydrogen-bond acceptors (Lipinski definition) is 8. The lowest BCUT2D eigenvalue weighted by molar-refractivity contribution is -0.137. The molecule has 2 aliphatic rings. The minimum absolute atomic E-state index is 0.0967. The molecule has 1 aromatic heterocycles. The predicted molar refractivity (Wildman–Crippen MR) is 121 cm³/mol. The molecule has 0 N–H and O–H groups in total. The molecule has 0 atom stereocenters. The molecule has 9 nitrogen and oxygen atoms in total. The van der Waals surface area contributed by atoms with Crippen molar-refractivity contribution < 1.29 is 22.7 Å². The lowest BCUT2D eigenvalue weighted by atomic mass is 9.96. The average Bonchev–Trinajstić information content (AvgIpc) is 3.23. The predicted octanol–water partition coefficient (Wildman–Crippen LogP) is 1.63. The van der Waals surface area contributed by atoms with E-state index in [4.69, 9.17) is 14.5 Å². The van der Waals surface area contributed by atoms with Crippen LogP contribution in [0.1, 0.15) is 12.8 Å². The van der Waals surface area contributed by atoms with Crippen LogP contribution in [0.4, 0.5) is 5.13 Å². The Morgan fingerprint density at radius 3 is 2.23 bits per heavy atom. The number of rotatable bonds is 5. The number of amides is 1. The van der Waals surface area contributed by atoms with E-state index in [0.717, 1.165) is 21.1 Å². The van der Waals surface area contributed by atoms with Crippen LogP contribution in [-0.2, 0) is 14.8 Å². The third kappa shape index (κ3) is 4.44. The van der Waals surface area contributed by atoms with Gasteiger partial charge in [0.05, 0.1) is 20.5 Å². The van der Waals surface area contributed by atoms with Gasteiger partial charge in [-0.1, -0.05) is 11.3 Å². The molecule has 2 aromatic rings. The number of nitrogens with zero attached hydrogens (tertiary/aromatic N) is 4. The molecule has 2 saturated heterocycles. The first-order valence-corrected chi connectivity index (χ1v) is 13.0. The molecule has 0 unspecified atom stereocenters. The van der Waals surface area contributed by atoms with Gasteiger partial charge in [-0.15, -0.1) is 0 Å². The largest absolute Gasteiger partial charge is 0.495 e. The van der Waals surface area contributed by atoms with Gasteiger partial charge < -0.3 is 19.3 Å². The van der Waals surface area contributed by atoms with Crippen LogP contribution in [-0.4, -0.2) is 88.3 Å². The molecule has 4 rings (SSSR count). The van der Waals surface area contributed by atoms with E-state index in [9.17, 15) is 13.2 Å². The quantitative estimate of drug-likeness (QED) is 0.659. The van der Waals surface area contributed by atoms with Gasteiger partial charge in [0.15, 0.2) is 5.13 Å². The van der Waals surface area contributed by atoms with Gasteiger partial charge in [0.2, 0.25) is 15.9 Å². The zero-order valence-corrected chi connectivity index (χ0v) is 19.7. The maximum Gasteiger partial charge on any atom is 0.225 e. The smallest absolute Gasteiger partial charge is 0.225 e. The molecule has 0 radical (unpaired) electrons. The molecule has 31 heavy (non-hydrogen) atoms. The first-order valence-electron chi connectivity index (χ1n) is 10.3. The van der Waals surface area contributed by atoms with E-state index in [0.29, 0.717) is 57.9 Å². The van der Waals surface area contributed by atoms with E-state index in [1.54, 1.807) is 25.6 Å². The number of methoxy groups -OCH3 is 2. The zero-order valence-electron chi connectivity index (χ0n) is 18.0. The second-order valence-electron chi connectivity index (χ2n) is 7.89. The minimum atomic E-state index is -3.18. The Labute approximate surface area is 186 Å². The summed E-state index contributed by atoms with van der Waals surface area (Å²) in [6.07, 6.45) is 2.40.